The van der Waals surface area contributed by atoms with Gasteiger partial charge < -0.3 is 14.9 Å². The van der Waals surface area contributed by atoms with Crippen LogP contribution in [0.4, 0.5) is 0 Å². The van der Waals surface area contributed by atoms with Crippen molar-refractivity contribution >= 4 is 0 Å². The predicted molar refractivity (Wildman–Crippen MR) is 66.5 cm³/mol. The van der Waals surface area contributed by atoms with Gasteiger partial charge in [-0.05, 0) is 38.4 Å². The molecule has 1 unspecified atom stereocenters. The van der Waals surface area contributed by atoms with Crippen molar-refractivity contribution in [1.82, 2.24) is 4.90 Å². The molecule has 0 aliphatic carbocycles. The van der Waals surface area contributed by atoms with Crippen molar-refractivity contribution in [3.8, 4) is 0 Å². The quantitative estimate of drug-likeness (QED) is 0.868. The van der Waals surface area contributed by atoms with Gasteiger partial charge in [0.2, 0.25) is 0 Å². The summed E-state index contributed by atoms with van der Waals surface area (Å²) in [6.45, 7) is 5.56. The van der Waals surface area contributed by atoms with Crippen LogP contribution in [0.15, 0.2) is 16.5 Å². The molecule has 0 saturated carbocycles. The van der Waals surface area contributed by atoms with E-state index >= 15 is 0 Å². The van der Waals surface area contributed by atoms with Crippen LogP contribution in [0, 0.1) is 0 Å². The molecule has 4 heteroatoms. The number of piperidine rings is 1. The van der Waals surface area contributed by atoms with Gasteiger partial charge in [-0.25, -0.2) is 0 Å². The first-order valence-corrected chi connectivity index (χ1v) is 6.20. The fraction of sp³-hybridized carbons (Fsp3) is 0.692. The van der Waals surface area contributed by atoms with E-state index in [1.807, 2.05) is 12.1 Å². The van der Waals surface area contributed by atoms with Gasteiger partial charge in [-0.3, -0.25) is 4.90 Å². The molecule has 1 saturated heterocycles. The van der Waals surface area contributed by atoms with Crippen LogP contribution in [0.1, 0.15) is 31.3 Å². The van der Waals surface area contributed by atoms with E-state index in [4.69, 9.17) is 14.9 Å². The summed E-state index contributed by atoms with van der Waals surface area (Å²) in [7, 11) is 1.79. The molecule has 1 atom stereocenters. The van der Waals surface area contributed by atoms with Gasteiger partial charge in [0, 0.05) is 13.7 Å². The Kier molecular flexibility index (Phi) is 3.86. The molecule has 1 aliphatic rings. The summed E-state index contributed by atoms with van der Waals surface area (Å²) in [4.78, 5) is 2.38. The Balaban J connectivity index is 1.94. The topological polar surface area (TPSA) is 51.6 Å². The molecular weight excluding hydrogens is 216 g/mol. The largest absolute Gasteiger partial charge is 0.463 e. The van der Waals surface area contributed by atoms with E-state index in [0.717, 1.165) is 37.6 Å². The van der Waals surface area contributed by atoms with Gasteiger partial charge in [-0.15, -0.1) is 0 Å². The average molecular weight is 238 g/mol. The summed E-state index contributed by atoms with van der Waals surface area (Å²) in [5.74, 6) is 1.84. The SMILES string of the molecule is COC1(C)CCCN(Cc2ccc(CN)o2)C1. The molecule has 17 heavy (non-hydrogen) atoms. The molecule has 2 N–H and O–H groups in total. The minimum Gasteiger partial charge on any atom is -0.463 e. The predicted octanol–water partition coefficient (Wildman–Crippen LogP) is 1.74. The Morgan fingerprint density at radius 3 is 2.88 bits per heavy atom. The smallest absolute Gasteiger partial charge is 0.118 e. The van der Waals surface area contributed by atoms with Crippen molar-refractivity contribution in [3.05, 3.63) is 23.7 Å². The van der Waals surface area contributed by atoms with Crippen molar-refractivity contribution in [2.75, 3.05) is 20.2 Å². The molecule has 96 valence electrons. The monoisotopic (exact) mass is 238 g/mol. The fourth-order valence-corrected chi connectivity index (χ4v) is 2.45. The molecule has 0 amide bonds. The van der Waals surface area contributed by atoms with Gasteiger partial charge in [-0.2, -0.15) is 0 Å². The summed E-state index contributed by atoms with van der Waals surface area (Å²) >= 11 is 0. The minimum absolute atomic E-state index is 0.0124. The molecular formula is C13H22N2O2. The number of likely N-dealkylation sites (tertiary alicyclic amines) is 1. The third-order valence-electron chi connectivity index (χ3n) is 3.53. The van der Waals surface area contributed by atoms with Gasteiger partial charge in [0.15, 0.2) is 0 Å². The minimum atomic E-state index is -0.0124. The molecule has 4 nitrogen and oxygen atoms in total. The van der Waals surface area contributed by atoms with Crippen LogP contribution < -0.4 is 5.73 Å². The maximum absolute atomic E-state index is 5.63. The Hall–Kier alpha value is -0.840. The summed E-state index contributed by atoms with van der Waals surface area (Å²) in [6.07, 6.45) is 2.31. The highest BCUT2D eigenvalue weighted by Gasteiger charge is 2.30. The van der Waals surface area contributed by atoms with Crippen LogP contribution in [0.3, 0.4) is 0 Å². The van der Waals surface area contributed by atoms with E-state index in [2.05, 4.69) is 11.8 Å². The number of nitrogens with zero attached hydrogens (tertiary/aromatic N) is 1. The summed E-state index contributed by atoms with van der Waals surface area (Å²) < 4.78 is 11.2. The zero-order valence-electron chi connectivity index (χ0n) is 10.7. The highest BCUT2D eigenvalue weighted by Crippen LogP contribution is 2.25. The second kappa shape index (κ2) is 5.21. The number of hydrogen-bond donors (Lipinski definition) is 1. The van der Waals surface area contributed by atoms with Gasteiger partial charge >= 0.3 is 0 Å². The molecule has 0 spiro atoms. The number of nitrogens with two attached hydrogens (primary N) is 1. The van der Waals surface area contributed by atoms with Gasteiger partial charge in [0.1, 0.15) is 11.5 Å². The first kappa shape index (κ1) is 12.6. The fourth-order valence-electron chi connectivity index (χ4n) is 2.45. The Bertz CT molecular complexity index is 364. The van der Waals surface area contributed by atoms with Gasteiger partial charge in [-0.1, -0.05) is 0 Å². The van der Waals surface area contributed by atoms with Gasteiger partial charge in [0.25, 0.3) is 0 Å². The van der Waals surface area contributed by atoms with E-state index in [0.29, 0.717) is 6.54 Å². The number of ether oxygens (including phenoxy) is 1. The summed E-state index contributed by atoms with van der Waals surface area (Å²) in [6, 6.07) is 3.97. The maximum atomic E-state index is 5.63. The molecule has 2 heterocycles. The lowest BCUT2D eigenvalue weighted by Crippen LogP contribution is -2.46. The van der Waals surface area contributed by atoms with Crippen LogP contribution >= 0.6 is 0 Å². The molecule has 2 rings (SSSR count). The van der Waals surface area contributed by atoms with E-state index in [9.17, 15) is 0 Å². The van der Waals surface area contributed by atoms with E-state index in [1.165, 1.54) is 6.42 Å². The van der Waals surface area contributed by atoms with E-state index in [-0.39, 0.29) is 5.60 Å². The second-order valence-corrected chi connectivity index (χ2v) is 5.04. The summed E-state index contributed by atoms with van der Waals surface area (Å²) in [5, 5.41) is 0. The molecule has 0 bridgehead atoms. The van der Waals surface area contributed by atoms with Gasteiger partial charge in [0.05, 0.1) is 18.7 Å². The third-order valence-corrected chi connectivity index (χ3v) is 3.53. The standard InChI is InChI=1S/C13H22N2O2/c1-13(16-2)6-3-7-15(10-13)9-12-5-4-11(8-14)17-12/h4-5H,3,6-10,14H2,1-2H3. The Morgan fingerprint density at radius 1 is 1.47 bits per heavy atom. The lowest BCUT2D eigenvalue weighted by Gasteiger charge is -2.39. The number of methoxy groups -OCH3 is 1. The van der Waals surface area contributed by atoms with Crippen molar-refractivity contribution in [1.29, 1.82) is 0 Å². The number of hydrogen-bond acceptors (Lipinski definition) is 4. The summed E-state index contributed by atoms with van der Waals surface area (Å²) in [5.41, 5.74) is 5.52. The molecule has 1 aromatic rings. The van der Waals surface area contributed by atoms with E-state index in [1.54, 1.807) is 7.11 Å². The van der Waals surface area contributed by atoms with Crippen LogP contribution in [0.2, 0.25) is 0 Å². The molecule has 1 aromatic heterocycles. The lowest BCUT2D eigenvalue weighted by atomic mass is 9.95. The zero-order valence-corrected chi connectivity index (χ0v) is 10.7. The van der Waals surface area contributed by atoms with Crippen molar-refractivity contribution < 1.29 is 9.15 Å². The van der Waals surface area contributed by atoms with E-state index < -0.39 is 0 Å². The third kappa shape index (κ3) is 3.09. The zero-order chi connectivity index (χ0) is 12.3. The second-order valence-electron chi connectivity index (χ2n) is 5.04. The van der Waals surface area contributed by atoms with Crippen LogP contribution in [0.5, 0.6) is 0 Å². The van der Waals surface area contributed by atoms with Crippen LogP contribution in [0.25, 0.3) is 0 Å². The van der Waals surface area contributed by atoms with Crippen molar-refractivity contribution in [3.63, 3.8) is 0 Å². The van der Waals surface area contributed by atoms with Crippen LogP contribution in [-0.4, -0.2) is 30.7 Å². The molecule has 0 aromatic carbocycles. The molecule has 1 fully saturated rings. The molecule has 0 radical (unpaired) electrons. The molecule has 1 aliphatic heterocycles. The Morgan fingerprint density at radius 2 is 2.24 bits per heavy atom. The average Bonchev–Trinajstić information content (AvgIpc) is 2.77. The first-order chi connectivity index (χ1) is 8.15. The number of furan rings is 1. The normalized spacial score (nSPS) is 26.3. The van der Waals surface area contributed by atoms with Crippen molar-refractivity contribution in [2.45, 2.75) is 38.5 Å². The first-order valence-electron chi connectivity index (χ1n) is 6.20. The maximum Gasteiger partial charge on any atom is 0.118 e. The lowest BCUT2D eigenvalue weighted by molar-refractivity contribution is -0.0539. The number of rotatable bonds is 4. The highest BCUT2D eigenvalue weighted by atomic mass is 16.5. The van der Waals surface area contributed by atoms with Crippen LogP contribution in [-0.2, 0) is 17.8 Å². The van der Waals surface area contributed by atoms with Crippen molar-refractivity contribution in [2.24, 2.45) is 5.73 Å². The Labute approximate surface area is 103 Å². The highest BCUT2D eigenvalue weighted by molar-refractivity contribution is 5.07.